The quantitative estimate of drug-likeness (QED) is 0.212. The molecule has 4 rings (SSSR count). The highest BCUT2D eigenvalue weighted by atomic mass is 16.6. The fourth-order valence-corrected chi connectivity index (χ4v) is 4.66. The van der Waals surface area contributed by atoms with Crippen LogP contribution >= 0.6 is 0 Å². The molecule has 0 aromatic heterocycles. The molecule has 0 amide bonds. The summed E-state index contributed by atoms with van der Waals surface area (Å²) in [5.74, 6) is 0. The van der Waals surface area contributed by atoms with Crippen molar-refractivity contribution in [2.45, 2.75) is 48.8 Å². The maximum Gasteiger partial charge on any atom is 0.258 e. The highest BCUT2D eigenvalue weighted by Gasteiger charge is 2.46. The Morgan fingerprint density at radius 3 is 1.23 bits per heavy atom. The third-order valence-electron chi connectivity index (χ3n) is 6.70. The van der Waals surface area contributed by atoms with Gasteiger partial charge in [0.15, 0.2) is 0 Å². The number of hydrogen-bond donors (Lipinski definition) is 6. The van der Waals surface area contributed by atoms with Crippen molar-refractivity contribution in [1.82, 2.24) is 31.9 Å². The highest BCUT2D eigenvalue weighted by molar-refractivity contribution is 4.96. The molecule has 0 aromatic carbocycles. The minimum atomic E-state index is -1.15. The first-order chi connectivity index (χ1) is 14.5. The zero-order chi connectivity index (χ0) is 21.5. The average Bonchev–Trinajstić information content (AvgIpc) is 2.73. The Bertz CT molecular complexity index is 527. The smallest absolute Gasteiger partial charge is 0.258 e. The first kappa shape index (κ1) is 23.2. The monoisotopic (exact) mass is 428 g/mol. The van der Waals surface area contributed by atoms with Gasteiger partial charge in [-0.05, 0) is 12.8 Å². The van der Waals surface area contributed by atoms with E-state index in [2.05, 4.69) is 31.9 Å². The van der Waals surface area contributed by atoms with Crippen molar-refractivity contribution >= 4 is 0 Å². The van der Waals surface area contributed by atoms with E-state index in [-0.39, 0.29) is 61.2 Å². The van der Waals surface area contributed by atoms with Crippen LogP contribution in [0.5, 0.6) is 0 Å². The van der Waals surface area contributed by atoms with Gasteiger partial charge in [0.25, 0.3) is 11.1 Å². The van der Waals surface area contributed by atoms with E-state index in [1.54, 1.807) is 0 Å². The summed E-state index contributed by atoms with van der Waals surface area (Å²) in [5, 5.41) is 44.0. The molecule has 12 nitrogen and oxygen atoms in total. The topological polar surface area (TPSA) is 158 Å². The lowest BCUT2D eigenvalue weighted by Gasteiger charge is -2.38. The summed E-state index contributed by atoms with van der Waals surface area (Å²) < 4.78 is 0. The number of nitro groups is 2. The Kier molecular flexibility index (Phi) is 8.31. The predicted molar refractivity (Wildman–Crippen MR) is 113 cm³/mol. The van der Waals surface area contributed by atoms with Crippen molar-refractivity contribution in [2.75, 3.05) is 65.4 Å². The summed E-state index contributed by atoms with van der Waals surface area (Å²) in [5.41, 5.74) is -2.30. The van der Waals surface area contributed by atoms with Crippen LogP contribution in [0.1, 0.15) is 25.7 Å². The predicted octanol–water partition coefficient (Wildman–Crippen LogP) is -2.11. The number of nitrogens with one attached hydrogen (secondary N) is 6. The van der Waals surface area contributed by atoms with E-state index < -0.39 is 11.1 Å². The Balaban J connectivity index is 1.90. The van der Waals surface area contributed by atoms with E-state index in [0.717, 1.165) is 25.7 Å². The van der Waals surface area contributed by atoms with Gasteiger partial charge in [-0.1, -0.05) is 12.8 Å². The van der Waals surface area contributed by atoms with Gasteiger partial charge < -0.3 is 31.9 Å². The van der Waals surface area contributed by atoms with Crippen molar-refractivity contribution in [1.29, 1.82) is 0 Å². The number of rotatable bonds is 2. The van der Waals surface area contributed by atoms with Crippen molar-refractivity contribution in [3.05, 3.63) is 20.2 Å². The second kappa shape index (κ2) is 10.7. The number of nitrogens with zero attached hydrogens (tertiary/aromatic N) is 2. The van der Waals surface area contributed by atoms with E-state index in [0.29, 0.717) is 26.2 Å². The van der Waals surface area contributed by atoms with Gasteiger partial charge in [-0.15, -0.1) is 0 Å². The van der Waals surface area contributed by atoms with E-state index >= 15 is 0 Å². The molecule has 172 valence electrons. The number of hydrogen-bond acceptors (Lipinski definition) is 10. The minimum absolute atomic E-state index is 0.0642. The zero-order valence-corrected chi connectivity index (χ0v) is 17.6. The van der Waals surface area contributed by atoms with E-state index in [1.165, 1.54) is 0 Å². The summed E-state index contributed by atoms with van der Waals surface area (Å²) in [7, 11) is 0. The maximum atomic E-state index is 12.1. The molecule has 1 aliphatic carbocycles. The molecular weight excluding hydrogens is 392 g/mol. The summed E-state index contributed by atoms with van der Waals surface area (Å²) in [6, 6.07) is 0.128. The second-order valence-electron chi connectivity index (χ2n) is 8.93. The molecule has 2 unspecified atom stereocenters. The first-order valence-electron chi connectivity index (χ1n) is 11.1. The average molecular weight is 429 g/mol. The second-order valence-corrected chi connectivity index (χ2v) is 8.93. The van der Waals surface area contributed by atoms with Crippen LogP contribution in [0.15, 0.2) is 0 Å². The normalized spacial score (nSPS) is 37.5. The van der Waals surface area contributed by atoms with Gasteiger partial charge in [0.1, 0.15) is 0 Å². The molecule has 0 spiro atoms. The number of fused-ring (bicyclic) bond motifs is 12. The van der Waals surface area contributed by atoms with Gasteiger partial charge in [0, 0.05) is 48.1 Å². The zero-order valence-electron chi connectivity index (χ0n) is 17.6. The molecule has 3 aliphatic heterocycles. The molecule has 0 radical (unpaired) electrons. The van der Waals surface area contributed by atoms with Crippen LogP contribution in [0.4, 0.5) is 0 Å². The van der Waals surface area contributed by atoms with Crippen molar-refractivity contribution in [3.63, 3.8) is 0 Å². The standard InChI is InChI=1S/C18H36N8O4/c27-25(28)17-9-19-5-7-21-11-18(26(29)30,12-22-8-6-20-10-17)14-24-16-4-2-1-3-15(16)23-13-17/h15-16,19-24H,1-14H2. The van der Waals surface area contributed by atoms with Crippen LogP contribution in [0.3, 0.4) is 0 Å². The third-order valence-corrected chi connectivity index (χ3v) is 6.70. The molecule has 0 aromatic rings. The Hall–Kier alpha value is -1.44. The highest BCUT2D eigenvalue weighted by Crippen LogP contribution is 2.21. The van der Waals surface area contributed by atoms with E-state index in [9.17, 15) is 20.2 Å². The lowest BCUT2D eigenvalue weighted by molar-refractivity contribution is -0.564. The molecule has 30 heavy (non-hydrogen) atoms. The summed E-state index contributed by atoms with van der Waals surface area (Å²) in [4.78, 5) is 23.9. The van der Waals surface area contributed by atoms with Crippen LogP contribution in [-0.2, 0) is 0 Å². The molecule has 4 fully saturated rings. The van der Waals surface area contributed by atoms with Gasteiger partial charge >= 0.3 is 0 Å². The van der Waals surface area contributed by atoms with Gasteiger partial charge in [-0.2, -0.15) is 0 Å². The van der Waals surface area contributed by atoms with Crippen molar-refractivity contribution in [2.24, 2.45) is 0 Å². The Morgan fingerprint density at radius 1 is 0.600 bits per heavy atom. The lowest BCUT2D eigenvalue weighted by Crippen LogP contribution is -2.66. The van der Waals surface area contributed by atoms with Crippen molar-refractivity contribution in [3.8, 4) is 0 Å². The molecule has 6 N–H and O–H groups in total. The van der Waals surface area contributed by atoms with Crippen LogP contribution < -0.4 is 31.9 Å². The van der Waals surface area contributed by atoms with Gasteiger partial charge in [0.2, 0.25) is 0 Å². The maximum absolute atomic E-state index is 12.1. The Morgan fingerprint density at radius 2 is 0.933 bits per heavy atom. The molecule has 2 atom stereocenters. The summed E-state index contributed by atoms with van der Waals surface area (Å²) >= 11 is 0. The van der Waals surface area contributed by atoms with Crippen LogP contribution in [-0.4, -0.2) is 98.5 Å². The fraction of sp³-hybridized carbons (Fsp3) is 1.00. The molecule has 4 aliphatic rings. The minimum Gasteiger partial charge on any atom is -0.309 e. The summed E-state index contributed by atoms with van der Waals surface area (Å²) in [6.07, 6.45) is 3.94. The van der Waals surface area contributed by atoms with Crippen LogP contribution in [0.2, 0.25) is 0 Å². The fourth-order valence-electron chi connectivity index (χ4n) is 4.66. The van der Waals surface area contributed by atoms with Gasteiger partial charge in [-0.25, -0.2) is 0 Å². The lowest BCUT2D eigenvalue weighted by atomic mass is 9.88. The molecule has 12 heteroatoms. The van der Waals surface area contributed by atoms with Gasteiger partial charge in [-0.3, -0.25) is 20.2 Å². The largest absolute Gasteiger partial charge is 0.309 e. The molecular formula is C18H36N8O4. The molecule has 2 bridgehead atoms. The first-order valence-corrected chi connectivity index (χ1v) is 11.1. The Labute approximate surface area is 177 Å². The van der Waals surface area contributed by atoms with Crippen molar-refractivity contribution < 1.29 is 9.85 Å². The van der Waals surface area contributed by atoms with Crippen LogP contribution in [0.25, 0.3) is 0 Å². The van der Waals surface area contributed by atoms with E-state index in [1.807, 2.05) is 0 Å². The van der Waals surface area contributed by atoms with Crippen LogP contribution in [0, 0.1) is 20.2 Å². The molecule has 1 saturated carbocycles. The molecule has 3 heterocycles. The molecule has 3 saturated heterocycles. The third kappa shape index (κ3) is 5.62. The summed E-state index contributed by atoms with van der Waals surface area (Å²) in [6.45, 7) is 3.49. The van der Waals surface area contributed by atoms with Gasteiger partial charge in [0.05, 0.1) is 39.3 Å². The SMILES string of the molecule is O=[N+]([O-])C12CNCCNCC([N+](=O)[O-])(CNCCNC1)CNC1CCCCC1NC2. The van der Waals surface area contributed by atoms with E-state index in [4.69, 9.17) is 0 Å².